The molecule has 2 unspecified atom stereocenters. The van der Waals surface area contributed by atoms with Crippen LogP contribution in [0.5, 0.6) is 0 Å². The highest BCUT2D eigenvalue weighted by molar-refractivity contribution is 7.15. The van der Waals surface area contributed by atoms with Crippen LogP contribution in [0.15, 0.2) is 6.20 Å². The molecular weight excluding hydrogens is 334 g/mol. The molecular formula is C16H26ClN3O2S. The second kappa shape index (κ2) is 8.31. The van der Waals surface area contributed by atoms with Crippen molar-refractivity contribution in [2.24, 2.45) is 11.8 Å². The quantitative estimate of drug-likeness (QED) is 0.836. The van der Waals surface area contributed by atoms with Crippen molar-refractivity contribution >= 4 is 34.8 Å². The predicted molar refractivity (Wildman–Crippen MR) is 94.7 cm³/mol. The van der Waals surface area contributed by atoms with Gasteiger partial charge in [0.25, 0.3) is 0 Å². The first-order valence-electron chi connectivity index (χ1n) is 8.19. The largest absolute Gasteiger partial charge is 0.468 e. The van der Waals surface area contributed by atoms with Gasteiger partial charge in [0.05, 0.1) is 7.11 Å². The SMILES string of the molecule is COC(=O)C1CC(C2CCCCC2)CN1Cc1cnc(N)s1.Cl. The van der Waals surface area contributed by atoms with E-state index in [1.54, 1.807) is 0 Å². The zero-order valence-electron chi connectivity index (χ0n) is 13.6. The van der Waals surface area contributed by atoms with Gasteiger partial charge in [-0.05, 0) is 18.3 Å². The molecule has 1 aliphatic heterocycles. The number of carbonyl (C=O) groups is 1. The van der Waals surface area contributed by atoms with Crippen LogP contribution in [0, 0.1) is 11.8 Å². The number of thiazole rings is 1. The number of hydrogen-bond donors (Lipinski definition) is 1. The fourth-order valence-electron chi connectivity index (χ4n) is 4.04. The standard InChI is InChI=1S/C16H25N3O2S.ClH/c1-21-15(20)14-7-12(11-5-3-2-4-6-11)9-19(14)10-13-8-18-16(17)22-13;/h8,11-12,14H,2-7,9-10H2,1H3,(H2,17,18);1H. The number of carbonyl (C=O) groups excluding carboxylic acids is 1. The Labute approximate surface area is 148 Å². The summed E-state index contributed by atoms with van der Waals surface area (Å²) in [5.41, 5.74) is 5.71. The summed E-state index contributed by atoms with van der Waals surface area (Å²) in [6, 6.07) is -0.111. The number of anilines is 1. The van der Waals surface area contributed by atoms with Gasteiger partial charge < -0.3 is 10.5 Å². The molecule has 1 saturated carbocycles. The van der Waals surface area contributed by atoms with Gasteiger partial charge in [-0.3, -0.25) is 9.69 Å². The molecule has 0 spiro atoms. The van der Waals surface area contributed by atoms with E-state index < -0.39 is 0 Å². The summed E-state index contributed by atoms with van der Waals surface area (Å²) in [7, 11) is 1.49. The molecule has 130 valence electrons. The summed E-state index contributed by atoms with van der Waals surface area (Å²) in [5, 5.41) is 0.590. The Balaban J connectivity index is 0.00000192. The Morgan fingerprint density at radius 1 is 1.39 bits per heavy atom. The zero-order valence-corrected chi connectivity index (χ0v) is 15.2. The topological polar surface area (TPSA) is 68.5 Å². The third kappa shape index (κ3) is 4.37. The maximum absolute atomic E-state index is 12.1. The summed E-state index contributed by atoms with van der Waals surface area (Å²) in [5.74, 6) is 1.29. The number of ether oxygens (including phenoxy) is 1. The second-order valence-corrected chi connectivity index (χ2v) is 7.67. The minimum atomic E-state index is -0.111. The normalized spacial score (nSPS) is 26.0. The van der Waals surface area contributed by atoms with Gasteiger partial charge in [-0.2, -0.15) is 0 Å². The molecule has 1 saturated heterocycles. The minimum Gasteiger partial charge on any atom is -0.468 e. The van der Waals surface area contributed by atoms with Crippen molar-refractivity contribution in [1.29, 1.82) is 0 Å². The fourth-order valence-corrected chi connectivity index (χ4v) is 4.75. The molecule has 7 heteroatoms. The first-order chi connectivity index (χ1) is 10.7. The lowest BCUT2D eigenvalue weighted by atomic mass is 9.79. The van der Waals surface area contributed by atoms with Crippen LogP contribution in [0.25, 0.3) is 0 Å². The molecule has 0 aromatic carbocycles. The number of nitrogens with two attached hydrogens (primary N) is 1. The van der Waals surface area contributed by atoms with Gasteiger partial charge in [0.15, 0.2) is 5.13 Å². The number of esters is 1. The van der Waals surface area contributed by atoms with Crippen molar-refractivity contribution in [2.45, 2.75) is 51.1 Å². The van der Waals surface area contributed by atoms with Crippen molar-refractivity contribution in [1.82, 2.24) is 9.88 Å². The Kier molecular flexibility index (Phi) is 6.68. The van der Waals surface area contributed by atoms with Crippen molar-refractivity contribution in [3.05, 3.63) is 11.1 Å². The molecule has 2 fully saturated rings. The number of nitrogen functional groups attached to an aromatic ring is 1. The molecule has 2 atom stereocenters. The lowest BCUT2D eigenvalue weighted by Crippen LogP contribution is -2.36. The smallest absolute Gasteiger partial charge is 0.323 e. The molecule has 1 aromatic heterocycles. The molecule has 23 heavy (non-hydrogen) atoms. The van der Waals surface area contributed by atoms with E-state index in [0.717, 1.165) is 30.3 Å². The van der Waals surface area contributed by atoms with Gasteiger partial charge in [-0.15, -0.1) is 23.7 Å². The van der Waals surface area contributed by atoms with Crippen LogP contribution in [-0.2, 0) is 16.1 Å². The van der Waals surface area contributed by atoms with E-state index in [-0.39, 0.29) is 24.4 Å². The van der Waals surface area contributed by atoms with Crippen molar-refractivity contribution in [2.75, 3.05) is 19.4 Å². The van der Waals surface area contributed by atoms with E-state index >= 15 is 0 Å². The van der Waals surface area contributed by atoms with E-state index in [0.29, 0.717) is 11.0 Å². The third-order valence-corrected chi connectivity index (χ3v) is 5.97. The molecule has 0 amide bonds. The summed E-state index contributed by atoms with van der Waals surface area (Å²) in [6.45, 7) is 1.74. The number of likely N-dealkylation sites (tertiary alicyclic amines) is 1. The van der Waals surface area contributed by atoms with Crippen LogP contribution in [0.3, 0.4) is 0 Å². The number of methoxy groups -OCH3 is 1. The molecule has 1 aromatic rings. The van der Waals surface area contributed by atoms with Crippen LogP contribution < -0.4 is 5.73 Å². The number of halogens is 1. The number of aromatic nitrogens is 1. The molecule has 2 heterocycles. The average molecular weight is 360 g/mol. The van der Waals surface area contributed by atoms with Crippen LogP contribution in [-0.4, -0.2) is 35.5 Å². The predicted octanol–water partition coefficient (Wildman–Crippen LogP) is 3.09. The summed E-state index contributed by atoms with van der Waals surface area (Å²) in [6.07, 6.45) is 9.45. The minimum absolute atomic E-state index is 0. The van der Waals surface area contributed by atoms with Crippen molar-refractivity contribution < 1.29 is 9.53 Å². The first kappa shape index (κ1) is 18.5. The number of nitrogens with zero attached hydrogens (tertiary/aromatic N) is 2. The van der Waals surface area contributed by atoms with Crippen LogP contribution >= 0.6 is 23.7 Å². The lowest BCUT2D eigenvalue weighted by molar-refractivity contribution is -0.146. The summed E-state index contributed by atoms with van der Waals surface area (Å²) >= 11 is 1.51. The van der Waals surface area contributed by atoms with Crippen molar-refractivity contribution in [3.8, 4) is 0 Å². The second-order valence-electron chi connectivity index (χ2n) is 6.53. The van der Waals surface area contributed by atoms with Crippen molar-refractivity contribution in [3.63, 3.8) is 0 Å². The molecule has 2 aliphatic rings. The molecule has 5 nitrogen and oxygen atoms in total. The van der Waals surface area contributed by atoms with E-state index in [9.17, 15) is 4.79 Å². The Bertz CT molecular complexity index is 519. The van der Waals surface area contributed by atoms with Gasteiger partial charge in [0.2, 0.25) is 0 Å². The van der Waals surface area contributed by atoms with Crippen LogP contribution in [0.4, 0.5) is 5.13 Å². The highest BCUT2D eigenvalue weighted by Gasteiger charge is 2.40. The van der Waals surface area contributed by atoms with E-state index in [1.165, 1.54) is 50.6 Å². The Hall–Kier alpha value is -0.850. The lowest BCUT2D eigenvalue weighted by Gasteiger charge is -2.27. The first-order valence-corrected chi connectivity index (χ1v) is 9.01. The maximum Gasteiger partial charge on any atom is 0.323 e. The highest BCUT2D eigenvalue weighted by atomic mass is 35.5. The van der Waals surface area contributed by atoms with Crippen LogP contribution in [0.2, 0.25) is 0 Å². The van der Waals surface area contributed by atoms with Crippen LogP contribution in [0.1, 0.15) is 43.4 Å². The Morgan fingerprint density at radius 3 is 2.74 bits per heavy atom. The number of hydrogen-bond acceptors (Lipinski definition) is 6. The molecule has 1 aliphatic carbocycles. The van der Waals surface area contributed by atoms with E-state index in [2.05, 4.69) is 9.88 Å². The average Bonchev–Trinajstić information content (AvgIpc) is 3.14. The molecule has 0 bridgehead atoms. The number of rotatable bonds is 4. The van der Waals surface area contributed by atoms with E-state index in [4.69, 9.17) is 10.5 Å². The van der Waals surface area contributed by atoms with E-state index in [1.807, 2.05) is 6.20 Å². The van der Waals surface area contributed by atoms with Gasteiger partial charge >= 0.3 is 5.97 Å². The van der Waals surface area contributed by atoms with Gasteiger partial charge in [0, 0.05) is 24.2 Å². The molecule has 3 rings (SSSR count). The highest BCUT2D eigenvalue weighted by Crippen LogP contribution is 2.38. The maximum atomic E-state index is 12.1. The molecule has 0 radical (unpaired) electrons. The summed E-state index contributed by atoms with van der Waals surface area (Å²) in [4.78, 5) is 19.6. The summed E-state index contributed by atoms with van der Waals surface area (Å²) < 4.78 is 5.03. The monoisotopic (exact) mass is 359 g/mol. The Morgan fingerprint density at radius 2 is 2.13 bits per heavy atom. The zero-order chi connectivity index (χ0) is 15.5. The van der Waals surface area contributed by atoms with Gasteiger partial charge in [-0.25, -0.2) is 4.98 Å². The van der Waals surface area contributed by atoms with Gasteiger partial charge in [0.1, 0.15) is 6.04 Å². The van der Waals surface area contributed by atoms with Gasteiger partial charge in [-0.1, -0.05) is 32.1 Å². The third-order valence-electron chi connectivity index (χ3n) is 5.16. The fraction of sp³-hybridized carbons (Fsp3) is 0.750. The molecule has 2 N–H and O–H groups in total.